The van der Waals surface area contributed by atoms with Crippen LogP contribution in [0.5, 0.6) is 0 Å². The van der Waals surface area contributed by atoms with E-state index in [0.29, 0.717) is 6.07 Å². The van der Waals surface area contributed by atoms with Gasteiger partial charge in [-0.25, -0.2) is 14.6 Å². The number of Topliss-reactive ketones (excluding diaryl/α,β-unsaturated/α-hetero) is 1. The van der Waals surface area contributed by atoms with Crippen LogP contribution in [0, 0.1) is 6.92 Å². The number of rotatable bonds is 6. The van der Waals surface area contributed by atoms with Gasteiger partial charge in [0.25, 0.3) is 0 Å². The Morgan fingerprint density at radius 1 is 0.950 bits per heavy atom. The molecule has 214 valence electrons. The fourth-order valence-electron chi connectivity index (χ4n) is 3.17. The molecule has 2 N–H and O–H groups in total. The summed E-state index contributed by atoms with van der Waals surface area (Å²) in [5.41, 5.74) is -2.64. The van der Waals surface area contributed by atoms with E-state index < -0.39 is 58.8 Å². The van der Waals surface area contributed by atoms with E-state index in [2.05, 4.69) is 9.72 Å². The van der Waals surface area contributed by atoms with Gasteiger partial charge in [-0.05, 0) is 24.3 Å². The van der Waals surface area contributed by atoms with Crippen LogP contribution in [0.3, 0.4) is 0 Å². The molecule has 0 spiro atoms. The SMILES string of the molecule is COC(=O)C(NC(C)=O)C(=O)c1cccc(C(F)(F)F)c1.Cc1nc(C(=O)O)c(-c2cccc(C(F)(F)F)c2)o1. The Morgan fingerprint density at radius 3 is 2.00 bits per heavy atom. The molecule has 3 aromatic rings. The summed E-state index contributed by atoms with van der Waals surface area (Å²) in [6.45, 7) is 2.49. The van der Waals surface area contributed by atoms with Crippen molar-refractivity contribution in [2.24, 2.45) is 0 Å². The van der Waals surface area contributed by atoms with Crippen molar-refractivity contribution in [3.63, 3.8) is 0 Å². The summed E-state index contributed by atoms with van der Waals surface area (Å²) in [5, 5.41) is 11.0. The van der Waals surface area contributed by atoms with Crippen molar-refractivity contribution in [1.29, 1.82) is 0 Å². The van der Waals surface area contributed by atoms with Gasteiger partial charge in [-0.1, -0.05) is 24.3 Å². The van der Waals surface area contributed by atoms with E-state index in [1.165, 1.54) is 19.1 Å². The largest absolute Gasteiger partial charge is 0.476 e. The first kappa shape index (κ1) is 31.5. The third kappa shape index (κ3) is 8.15. The zero-order chi connectivity index (χ0) is 30.4. The average Bonchev–Trinajstić information content (AvgIpc) is 3.28. The summed E-state index contributed by atoms with van der Waals surface area (Å²) < 4.78 is 85.0. The molecule has 2 aromatic carbocycles. The van der Waals surface area contributed by atoms with Crippen LogP contribution in [0.1, 0.15) is 44.8 Å². The second-order valence-corrected chi connectivity index (χ2v) is 7.89. The smallest absolute Gasteiger partial charge is 0.416 e. The number of aromatic nitrogens is 1. The maximum atomic E-state index is 12.6. The van der Waals surface area contributed by atoms with Gasteiger partial charge in [0.15, 0.2) is 29.2 Å². The predicted molar refractivity (Wildman–Crippen MR) is 124 cm³/mol. The molecule has 1 aromatic heterocycles. The number of ether oxygens (including phenoxy) is 1. The first-order valence-electron chi connectivity index (χ1n) is 10.9. The number of esters is 1. The number of nitrogens with zero attached hydrogens (tertiary/aromatic N) is 1. The van der Waals surface area contributed by atoms with Gasteiger partial charge in [-0.3, -0.25) is 9.59 Å². The Hall–Kier alpha value is -4.69. The number of hydrogen-bond donors (Lipinski definition) is 2. The summed E-state index contributed by atoms with van der Waals surface area (Å²) in [7, 11) is 0.997. The normalized spacial score (nSPS) is 12.0. The van der Waals surface area contributed by atoms with Gasteiger partial charge in [0.05, 0.1) is 18.2 Å². The topological polar surface area (TPSA) is 136 Å². The molecule has 15 heteroatoms. The van der Waals surface area contributed by atoms with Crippen LogP contribution in [-0.4, -0.2) is 46.9 Å². The zero-order valence-corrected chi connectivity index (χ0v) is 20.8. The Morgan fingerprint density at radius 2 is 1.50 bits per heavy atom. The standard InChI is InChI=1S/C13H12F3NO4.C12H8F3NO3/c1-7(18)17-10(12(20)21-2)11(19)8-4-3-5-9(6-8)13(14,15)16;1-6-16-9(11(17)18)10(19-6)7-3-2-4-8(5-7)12(13,14)15/h3-6,10H,1-2H3,(H,17,18);2-5H,1H3,(H,17,18). The van der Waals surface area contributed by atoms with E-state index in [4.69, 9.17) is 9.52 Å². The number of carbonyl (C=O) groups is 4. The first-order valence-corrected chi connectivity index (χ1v) is 10.9. The van der Waals surface area contributed by atoms with Gasteiger partial charge >= 0.3 is 24.3 Å². The van der Waals surface area contributed by atoms with Crippen molar-refractivity contribution in [1.82, 2.24) is 10.3 Å². The number of halogens is 6. The van der Waals surface area contributed by atoms with Gasteiger partial charge in [-0.15, -0.1) is 0 Å². The lowest BCUT2D eigenvalue weighted by Gasteiger charge is -2.15. The average molecular weight is 574 g/mol. The summed E-state index contributed by atoms with van der Waals surface area (Å²) >= 11 is 0. The van der Waals surface area contributed by atoms with Gasteiger partial charge in [0.2, 0.25) is 5.91 Å². The molecular weight excluding hydrogens is 554 g/mol. The molecule has 1 atom stereocenters. The van der Waals surface area contributed by atoms with Gasteiger partial charge in [0, 0.05) is 25.0 Å². The number of nitrogens with one attached hydrogen (secondary N) is 1. The molecule has 9 nitrogen and oxygen atoms in total. The molecule has 0 aliphatic rings. The Balaban J connectivity index is 0.000000281. The molecule has 1 amide bonds. The quantitative estimate of drug-likeness (QED) is 0.183. The Kier molecular flexibility index (Phi) is 9.81. The number of amides is 1. The second kappa shape index (κ2) is 12.4. The van der Waals surface area contributed by atoms with Crippen molar-refractivity contribution in [3.05, 3.63) is 76.8 Å². The highest BCUT2D eigenvalue weighted by molar-refractivity contribution is 6.13. The summed E-state index contributed by atoms with van der Waals surface area (Å²) in [6, 6.07) is 6.12. The van der Waals surface area contributed by atoms with Gasteiger partial charge in [-0.2, -0.15) is 26.3 Å². The van der Waals surface area contributed by atoms with E-state index in [9.17, 15) is 45.5 Å². The molecule has 0 bridgehead atoms. The number of carbonyl (C=O) groups excluding carboxylic acids is 3. The van der Waals surface area contributed by atoms with Crippen LogP contribution in [-0.2, 0) is 26.7 Å². The minimum Gasteiger partial charge on any atom is -0.476 e. The molecule has 1 heterocycles. The van der Waals surface area contributed by atoms with Crippen LogP contribution in [0.15, 0.2) is 52.9 Å². The molecular formula is C25H20F6N2O7. The van der Waals surface area contributed by atoms with Crippen LogP contribution in [0.25, 0.3) is 11.3 Å². The number of benzene rings is 2. The molecule has 0 aliphatic heterocycles. The molecule has 0 aliphatic carbocycles. The van der Waals surface area contributed by atoms with E-state index in [1.54, 1.807) is 0 Å². The fourth-order valence-corrected chi connectivity index (χ4v) is 3.17. The number of carboxylic acids is 1. The molecule has 40 heavy (non-hydrogen) atoms. The Labute approximate surface area is 221 Å². The molecule has 1 unspecified atom stereocenters. The van der Waals surface area contributed by atoms with Crippen molar-refractivity contribution in [2.75, 3.05) is 7.11 Å². The third-order valence-corrected chi connectivity index (χ3v) is 4.91. The Bertz CT molecular complexity index is 1410. The van der Waals surface area contributed by atoms with E-state index in [0.717, 1.165) is 44.4 Å². The van der Waals surface area contributed by atoms with Crippen molar-refractivity contribution >= 4 is 23.6 Å². The summed E-state index contributed by atoms with van der Waals surface area (Å²) in [5.74, 6) is -4.20. The number of aromatic carboxylic acids is 1. The van der Waals surface area contributed by atoms with Gasteiger partial charge < -0.3 is 19.6 Å². The highest BCUT2D eigenvalue weighted by atomic mass is 19.4. The first-order chi connectivity index (χ1) is 18.4. The molecule has 0 fully saturated rings. The van der Waals surface area contributed by atoms with Crippen LogP contribution in [0.4, 0.5) is 26.3 Å². The highest BCUT2D eigenvalue weighted by Crippen LogP contribution is 2.33. The number of oxazole rings is 1. The van der Waals surface area contributed by atoms with Crippen molar-refractivity contribution in [3.8, 4) is 11.3 Å². The number of hydrogen-bond acceptors (Lipinski definition) is 7. The number of ketones is 1. The summed E-state index contributed by atoms with van der Waals surface area (Å²) in [6.07, 6.45) is -9.13. The molecule has 0 radical (unpaired) electrons. The molecule has 0 saturated carbocycles. The lowest BCUT2D eigenvalue weighted by Crippen LogP contribution is -2.46. The number of aryl methyl sites for hydroxylation is 1. The maximum Gasteiger partial charge on any atom is 0.416 e. The zero-order valence-electron chi connectivity index (χ0n) is 20.8. The highest BCUT2D eigenvalue weighted by Gasteiger charge is 2.34. The molecule has 3 rings (SSSR count). The van der Waals surface area contributed by atoms with E-state index in [-0.39, 0.29) is 22.8 Å². The summed E-state index contributed by atoms with van der Waals surface area (Å²) in [4.78, 5) is 49.1. The number of methoxy groups -OCH3 is 1. The van der Waals surface area contributed by atoms with E-state index in [1.807, 2.05) is 5.32 Å². The number of carboxylic acid groups (broad SMARTS) is 1. The molecule has 0 saturated heterocycles. The lowest BCUT2D eigenvalue weighted by atomic mass is 10.0. The number of alkyl halides is 6. The maximum absolute atomic E-state index is 12.6. The van der Waals surface area contributed by atoms with Crippen LogP contribution < -0.4 is 5.32 Å². The van der Waals surface area contributed by atoms with Crippen molar-refractivity contribution < 1.29 is 59.8 Å². The van der Waals surface area contributed by atoms with Crippen LogP contribution >= 0.6 is 0 Å². The van der Waals surface area contributed by atoms with E-state index >= 15 is 0 Å². The fraction of sp³-hybridized carbons (Fsp3) is 0.240. The van der Waals surface area contributed by atoms with Gasteiger partial charge in [0.1, 0.15) is 0 Å². The third-order valence-electron chi connectivity index (χ3n) is 4.91. The van der Waals surface area contributed by atoms with Crippen molar-refractivity contribution in [2.45, 2.75) is 32.2 Å². The predicted octanol–water partition coefficient (Wildman–Crippen LogP) is 4.93. The minimum atomic E-state index is -4.62. The second-order valence-electron chi connectivity index (χ2n) is 7.89. The monoisotopic (exact) mass is 574 g/mol. The lowest BCUT2D eigenvalue weighted by molar-refractivity contribution is -0.143. The van der Waals surface area contributed by atoms with Crippen LogP contribution in [0.2, 0.25) is 0 Å². The minimum absolute atomic E-state index is 0.0211.